The lowest BCUT2D eigenvalue weighted by Crippen LogP contribution is -2.49. The van der Waals surface area contributed by atoms with Crippen LogP contribution in [-0.4, -0.2) is 69.9 Å². The number of aromatic nitrogens is 2. The van der Waals surface area contributed by atoms with Gasteiger partial charge in [0.25, 0.3) is 5.91 Å². The smallest absolute Gasteiger partial charge is 0.395 e. The molecule has 6 nitrogen and oxygen atoms in total. The summed E-state index contributed by atoms with van der Waals surface area (Å²) in [7, 11) is 1.35. The number of carbonyl (C=O) groups is 1. The highest BCUT2D eigenvalue weighted by Gasteiger charge is 2.40. The van der Waals surface area contributed by atoms with Crippen LogP contribution in [0.5, 0.6) is 0 Å². The summed E-state index contributed by atoms with van der Waals surface area (Å²) in [6.45, 7) is 2.27. The van der Waals surface area contributed by atoms with E-state index in [0.717, 1.165) is 10.9 Å². The van der Waals surface area contributed by atoms with E-state index in [1.54, 1.807) is 0 Å². The average molecular weight is 306 g/mol. The number of rotatable bonds is 3. The quantitative estimate of drug-likeness (QED) is 0.866. The summed E-state index contributed by atoms with van der Waals surface area (Å²) in [5.41, 5.74) is -1.56. The van der Waals surface area contributed by atoms with E-state index in [2.05, 4.69) is 5.10 Å². The molecule has 0 spiro atoms. The van der Waals surface area contributed by atoms with Gasteiger partial charge >= 0.3 is 6.18 Å². The first-order chi connectivity index (χ1) is 9.82. The van der Waals surface area contributed by atoms with Crippen molar-refractivity contribution in [1.29, 1.82) is 0 Å². The van der Waals surface area contributed by atoms with Crippen LogP contribution in [0.25, 0.3) is 0 Å². The highest BCUT2D eigenvalue weighted by molar-refractivity contribution is 5.95. The monoisotopic (exact) mass is 306 g/mol. The van der Waals surface area contributed by atoms with Crippen molar-refractivity contribution in [3.63, 3.8) is 0 Å². The van der Waals surface area contributed by atoms with Gasteiger partial charge in [-0.1, -0.05) is 0 Å². The minimum atomic E-state index is -4.65. The Bertz CT molecular complexity index is 507. The second kappa shape index (κ2) is 6.02. The van der Waals surface area contributed by atoms with E-state index in [9.17, 15) is 18.0 Å². The average Bonchev–Trinajstić information content (AvgIpc) is 2.81. The first kappa shape index (κ1) is 15.8. The van der Waals surface area contributed by atoms with Crippen LogP contribution in [-0.2, 0) is 13.2 Å². The summed E-state index contributed by atoms with van der Waals surface area (Å²) in [4.78, 5) is 15.6. The predicted molar refractivity (Wildman–Crippen MR) is 67.6 cm³/mol. The number of hydrogen-bond donors (Lipinski definition) is 1. The number of β-amino-alcohol motifs (C(OH)–C–C–N with tert-alkyl or cyclic N) is 1. The number of alkyl halides is 3. The summed E-state index contributed by atoms with van der Waals surface area (Å²) >= 11 is 0. The van der Waals surface area contributed by atoms with Gasteiger partial charge in [0, 0.05) is 46.0 Å². The van der Waals surface area contributed by atoms with Crippen molar-refractivity contribution in [2.75, 3.05) is 39.3 Å². The number of amides is 1. The molecule has 1 aromatic rings. The summed E-state index contributed by atoms with van der Waals surface area (Å²) < 4.78 is 39.6. The lowest BCUT2D eigenvalue weighted by molar-refractivity contribution is -0.141. The Morgan fingerprint density at radius 2 is 1.95 bits per heavy atom. The van der Waals surface area contributed by atoms with E-state index in [-0.39, 0.29) is 6.61 Å². The summed E-state index contributed by atoms with van der Waals surface area (Å²) in [6.07, 6.45) is -3.55. The van der Waals surface area contributed by atoms with Crippen LogP contribution in [0.3, 0.4) is 0 Å². The van der Waals surface area contributed by atoms with Gasteiger partial charge in [-0.2, -0.15) is 18.3 Å². The van der Waals surface area contributed by atoms with Gasteiger partial charge in [0.2, 0.25) is 0 Å². The van der Waals surface area contributed by atoms with E-state index in [0.29, 0.717) is 32.7 Å². The van der Waals surface area contributed by atoms with Crippen molar-refractivity contribution < 1.29 is 23.1 Å². The van der Waals surface area contributed by atoms with Crippen LogP contribution in [0.1, 0.15) is 16.1 Å². The van der Waals surface area contributed by atoms with Crippen LogP contribution in [0, 0.1) is 0 Å². The molecule has 0 radical (unpaired) electrons. The summed E-state index contributed by atoms with van der Waals surface area (Å²) in [5, 5.41) is 12.2. The number of aliphatic hydroxyl groups excluding tert-OH is 1. The Balaban J connectivity index is 2.11. The van der Waals surface area contributed by atoms with Crippen molar-refractivity contribution in [3.8, 4) is 0 Å². The number of aryl methyl sites for hydroxylation is 1. The summed E-state index contributed by atoms with van der Waals surface area (Å²) in [6, 6.07) is 0. The van der Waals surface area contributed by atoms with Gasteiger partial charge in [0.15, 0.2) is 5.69 Å². The molecule has 1 aliphatic rings. The maximum absolute atomic E-state index is 12.9. The van der Waals surface area contributed by atoms with Gasteiger partial charge in [-0.05, 0) is 0 Å². The molecule has 0 unspecified atom stereocenters. The van der Waals surface area contributed by atoms with E-state index < -0.39 is 23.3 Å². The van der Waals surface area contributed by atoms with Crippen LogP contribution >= 0.6 is 0 Å². The Morgan fingerprint density at radius 1 is 1.33 bits per heavy atom. The second-order valence-corrected chi connectivity index (χ2v) is 4.92. The number of nitrogens with zero attached hydrogens (tertiary/aromatic N) is 4. The van der Waals surface area contributed by atoms with Gasteiger partial charge in [0.1, 0.15) is 0 Å². The molecule has 21 heavy (non-hydrogen) atoms. The van der Waals surface area contributed by atoms with Crippen LogP contribution < -0.4 is 0 Å². The Kier molecular flexibility index (Phi) is 4.52. The summed E-state index contributed by atoms with van der Waals surface area (Å²) in [5.74, 6) is -0.654. The molecule has 1 N–H and O–H groups in total. The Labute approximate surface area is 119 Å². The third-order valence-corrected chi connectivity index (χ3v) is 3.40. The number of hydrogen-bond acceptors (Lipinski definition) is 4. The molecule has 0 saturated carbocycles. The first-order valence-electron chi connectivity index (χ1n) is 6.56. The molecular formula is C12H17F3N4O2. The highest BCUT2D eigenvalue weighted by atomic mass is 19.4. The molecule has 1 aromatic heterocycles. The van der Waals surface area contributed by atoms with E-state index in [4.69, 9.17) is 5.11 Å². The third kappa shape index (κ3) is 3.53. The molecule has 0 bridgehead atoms. The van der Waals surface area contributed by atoms with Gasteiger partial charge in [-0.3, -0.25) is 14.4 Å². The molecule has 1 amide bonds. The fourth-order valence-electron chi connectivity index (χ4n) is 2.34. The van der Waals surface area contributed by atoms with Crippen molar-refractivity contribution in [1.82, 2.24) is 19.6 Å². The maximum atomic E-state index is 12.9. The fourth-order valence-corrected chi connectivity index (χ4v) is 2.34. The molecule has 1 aliphatic heterocycles. The van der Waals surface area contributed by atoms with Crippen molar-refractivity contribution in [2.45, 2.75) is 6.18 Å². The minimum Gasteiger partial charge on any atom is -0.395 e. The van der Waals surface area contributed by atoms with Crippen LogP contribution in [0.2, 0.25) is 0 Å². The zero-order valence-corrected chi connectivity index (χ0v) is 11.6. The standard InChI is InChI=1S/C12H17F3N4O2/c1-17-8-9(10(16-17)12(13,14)15)11(21)19-4-2-18(3-5-19)6-7-20/h8,20H,2-7H2,1H3. The molecule has 0 atom stereocenters. The van der Waals surface area contributed by atoms with Gasteiger partial charge in [0.05, 0.1) is 12.2 Å². The highest BCUT2D eigenvalue weighted by Crippen LogP contribution is 2.31. The number of carbonyl (C=O) groups excluding carboxylic acids is 1. The van der Waals surface area contributed by atoms with E-state index in [1.807, 2.05) is 4.90 Å². The van der Waals surface area contributed by atoms with Crippen molar-refractivity contribution >= 4 is 5.91 Å². The molecule has 0 aromatic carbocycles. The van der Waals surface area contributed by atoms with Gasteiger partial charge in [-0.15, -0.1) is 0 Å². The number of aliphatic hydroxyl groups is 1. The SMILES string of the molecule is Cn1cc(C(=O)N2CCN(CCO)CC2)c(C(F)(F)F)n1. The second-order valence-electron chi connectivity index (χ2n) is 4.92. The molecule has 0 aliphatic carbocycles. The predicted octanol–water partition coefficient (Wildman–Crippen LogP) is 0.189. The van der Waals surface area contributed by atoms with Crippen molar-refractivity contribution in [3.05, 3.63) is 17.5 Å². The molecule has 118 valence electrons. The third-order valence-electron chi connectivity index (χ3n) is 3.40. The lowest BCUT2D eigenvalue weighted by Gasteiger charge is -2.34. The molecule has 2 rings (SSSR count). The molecule has 2 heterocycles. The maximum Gasteiger partial charge on any atom is 0.435 e. The molecule has 1 fully saturated rings. The van der Waals surface area contributed by atoms with Crippen LogP contribution in [0.15, 0.2) is 6.20 Å². The van der Waals surface area contributed by atoms with E-state index >= 15 is 0 Å². The molecular weight excluding hydrogens is 289 g/mol. The lowest BCUT2D eigenvalue weighted by atomic mass is 10.2. The van der Waals surface area contributed by atoms with Gasteiger partial charge in [-0.25, -0.2) is 0 Å². The van der Waals surface area contributed by atoms with Crippen molar-refractivity contribution in [2.24, 2.45) is 7.05 Å². The normalized spacial score (nSPS) is 17.3. The number of piperazine rings is 1. The molecule has 9 heteroatoms. The number of halogens is 3. The first-order valence-corrected chi connectivity index (χ1v) is 6.56. The fraction of sp³-hybridized carbons (Fsp3) is 0.667. The Hall–Kier alpha value is -1.61. The minimum absolute atomic E-state index is 0.0226. The zero-order chi connectivity index (χ0) is 15.6. The molecule has 1 saturated heterocycles. The van der Waals surface area contributed by atoms with E-state index in [1.165, 1.54) is 11.9 Å². The largest absolute Gasteiger partial charge is 0.435 e. The topological polar surface area (TPSA) is 61.6 Å². The zero-order valence-electron chi connectivity index (χ0n) is 11.6. The van der Waals surface area contributed by atoms with Crippen LogP contribution in [0.4, 0.5) is 13.2 Å². The van der Waals surface area contributed by atoms with Gasteiger partial charge < -0.3 is 10.0 Å². The Morgan fingerprint density at radius 3 is 2.48 bits per heavy atom.